The normalized spacial score (nSPS) is 13.2. The zero-order chi connectivity index (χ0) is 28.2. The van der Waals surface area contributed by atoms with Crippen LogP contribution in [0.3, 0.4) is 0 Å². The molecule has 1 atom stereocenters. The predicted molar refractivity (Wildman–Crippen MR) is 150 cm³/mol. The molecule has 204 valence electrons. The van der Waals surface area contributed by atoms with Crippen LogP contribution in [0, 0.1) is 22.6 Å². The third-order valence-electron chi connectivity index (χ3n) is 5.14. The number of rotatable bonds is 14. The quantitative estimate of drug-likeness (QED) is 0.151. The summed E-state index contributed by atoms with van der Waals surface area (Å²) in [4.78, 5) is 10.5. The van der Waals surface area contributed by atoms with Crippen molar-refractivity contribution in [2.24, 2.45) is 10.4 Å². The van der Waals surface area contributed by atoms with Gasteiger partial charge in [0.05, 0.1) is 23.5 Å². The largest absolute Gasteiger partial charge is 0.385 e. The highest BCUT2D eigenvalue weighted by molar-refractivity contribution is 5.96. The Morgan fingerprint density at radius 1 is 1.24 bits per heavy atom. The summed E-state index contributed by atoms with van der Waals surface area (Å²) < 4.78 is 29.2. The van der Waals surface area contributed by atoms with Gasteiger partial charge in [-0.05, 0) is 38.5 Å². The molecule has 0 aliphatic rings. The summed E-state index contributed by atoms with van der Waals surface area (Å²) in [6, 6.07) is 3.23. The minimum absolute atomic E-state index is 0.0643. The van der Waals surface area contributed by atoms with E-state index in [1.165, 1.54) is 19.2 Å². The fourth-order valence-corrected chi connectivity index (χ4v) is 3.64. The van der Waals surface area contributed by atoms with Gasteiger partial charge in [-0.25, -0.2) is 18.8 Å². The topological polar surface area (TPSA) is 88.4 Å². The van der Waals surface area contributed by atoms with Gasteiger partial charge in [-0.3, -0.25) is 0 Å². The molecule has 1 aromatic heterocycles. The summed E-state index contributed by atoms with van der Waals surface area (Å²) in [5, 5.41) is 18.6. The van der Waals surface area contributed by atoms with E-state index >= 15 is 0 Å². The van der Waals surface area contributed by atoms with Gasteiger partial charge in [0.25, 0.3) is 0 Å². The van der Waals surface area contributed by atoms with Crippen LogP contribution in [0.4, 0.5) is 20.3 Å². The predicted octanol–water partition coefficient (Wildman–Crippen LogP) is 6.41. The molecule has 0 aliphatic heterocycles. The summed E-state index contributed by atoms with van der Waals surface area (Å²) >= 11 is 0. The van der Waals surface area contributed by atoms with Crippen molar-refractivity contribution >= 4 is 17.3 Å². The van der Waals surface area contributed by atoms with Gasteiger partial charge in [0, 0.05) is 37.4 Å². The van der Waals surface area contributed by atoms with Crippen LogP contribution in [0.25, 0.3) is 0 Å². The monoisotopic (exact) mass is 515 g/mol. The maximum atomic E-state index is 14.9. The SMILES string of the molecule is C=C(CC(C)(C)C)N[C@@H](C)CN/C(=N/C(Nc1cnc(N(CCC)CCC)c(F)c1)=C(\C)C#N)C(=C)F. The summed E-state index contributed by atoms with van der Waals surface area (Å²) in [6.07, 6.45) is 4.00. The molecule has 37 heavy (non-hydrogen) atoms. The fraction of sp³-hybridized carbons (Fsp3) is 0.536. The molecule has 0 amide bonds. The first kappa shape index (κ1) is 31.6. The third-order valence-corrected chi connectivity index (χ3v) is 5.14. The average molecular weight is 516 g/mol. The van der Waals surface area contributed by atoms with Crippen molar-refractivity contribution in [1.29, 1.82) is 5.26 Å². The van der Waals surface area contributed by atoms with Crippen molar-refractivity contribution in [2.75, 3.05) is 29.9 Å². The van der Waals surface area contributed by atoms with E-state index in [4.69, 9.17) is 0 Å². The van der Waals surface area contributed by atoms with Crippen molar-refractivity contribution in [3.8, 4) is 6.07 Å². The van der Waals surface area contributed by atoms with E-state index < -0.39 is 11.6 Å². The van der Waals surface area contributed by atoms with Gasteiger partial charge in [0.1, 0.15) is 5.82 Å². The Labute approximate surface area is 221 Å². The molecule has 0 bridgehead atoms. The lowest BCUT2D eigenvalue weighted by Gasteiger charge is -2.24. The molecule has 0 aliphatic carbocycles. The minimum atomic E-state index is -0.791. The van der Waals surface area contributed by atoms with Crippen molar-refractivity contribution < 1.29 is 8.78 Å². The number of halogens is 2. The molecule has 0 spiro atoms. The standard InChI is InChI=1S/C28H43F2N7/c1-10-12-37(13-11-2)27-24(30)14-23(18-33-27)35-25(19(3)16-31)36-26(22(6)29)32-17-21(5)34-20(4)15-28(7,8)9/h14,18,21,34-35H,4,6,10-13,15,17H2,1-3,5,7-9H3,(H,32,36)/b25-19+/t21-/m0/s1. The van der Waals surface area contributed by atoms with Crippen LogP contribution in [-0.2, 0) is 0 Å². The number of nitrogens with one attached hydrogen (secondary N) is 3. The highest BCUT2D eigenvalue weighted by atomic mass is 19.1. The van der Waals surface area contributed by atoms with Crippen molar-refractivity contribution in [2.45, 2.75) is 73.8 Å². The Bertz CT molecular complexity index is 1030. The van der Waals surface area contributed by atoms with Crippen LogP contribution in [0.15, 0.2) is 53.3 Å². The molecular formula is C28H43F2N7. The van der Waals surface area contributed by atoms with Crippen molar-refractivity contribution in [3.63, 3.8) is 0 Å². The van der Waals surface area contributed by atoms with Crippen LogP contribution in [0.5, 0.6) is 0 Å². The maximum Gasteiger partial charge on any atom is 0.167 e. The number of hydrogen-bond donors (Lipinski definition) is 3. The Balaban J connectivity index is 3.09. The number of pyridine rings is 1. The third kappa shape index (κ3) is 11.5. The van der Waals surface area contributed by atoms with E-state index in [1.54, 1.807) is 0 Å². The summed E-state index contributed by atoms with van der Waals surface area (Å²) in [6.45, 7) is 23.0. The Morgan fingerprint density at radius 2 is 1.86 bits per heavy atom. The number of amidine groups is 1. The average Bonchev–Trinajstić information content (AvgIpc) is 2.79. The second-order valence-corrected chi connectivity index (χ2v) is 10.4. The molecule has 0 unspecified atom stereocenters. The molecular weight excluding hydrogens is 472 g/mol. The maximum absolute atomic E-state index is 14.9. The van der Waals surface area contributed by atoms with Gasteiger partial charge >= 0.3 is 0 Å². The van der Waals surface area contributed by atoms with Gasteiger partial charge in [0.15, 0.2) is 23.3 Å². The molecule has 9 heteroatoms. The number of nitriles is 1. The van der Waals surface area contributed by atoms with Gasteiger partial charge in [-0.1, -0.05) is 47.8 Å². The van der Waals surface area contributed by atoms with Gasteiger partial charge in [-0.2, -0.15) is 5.26 Å². The highest BCUT2D eigenvalue weighted by Crippen LogP contribution is 2.23. The van der Waals surface area contributed by atoms with Crippen LogP contribution in [0.1, 0.15) is 67.7 Å². The first-order valence-corrected chi connectivity index (χ1v) is 12.7. The van der Waals surface area contributed by atoms with Crippen molar-refractivity contribution in [1.82, 2.24) is 15.6 Å². The summed E-state index contributed by atoms with van der Waals surface area (Å²) in [5.41, 5.74) is 1.46. The van der Waals surface area contributed by atoms with E-state index in [9.17, 15) is 14.0 Å². The zero-order valence-electron chi connectivity index (χ0n) is 23.4. The van der Waals surface area contributed by atoms with Crippen LogP contribution < -0.4 is 20.9 Å². The Hall–Kier alpha value is -3.41. The molecule has 0 aromatic carbocycles. The second-order valence-electron chi connectivity index (χ2n) is 10.4. The van der Waals surface area contributed by atoms with Gasteiger partial charge in [-0.15, -0.1) is 0 Å². The number of aromatic nitrogens is 1. The number of nitrogens with zero attached hydrogens (tertiary/aromatic N) is 4. The van der Waals surface area contributed by atoms with Gasteiger partial charge in [0.2, 0.25) is 0 Å². The Morgan fingerprint density at radius 3 is 2.35 bits per heavy atom. The molecule has 1 rings (SSSR count). The first-order chi connectivity index (χ1) is 17.3. The van der Waals surface area contributed by atoms with E-state index in [1.807, 2.05) is 31.7 Å². The Kier molecular flexibility index (Phi) is 12.8. The molecule has 0 fully saturated rings. The lowest BCUT2D eigenvalue weighted by atomic mass is 9.91. The molecule has 3 N–H and O–H groups in total. The number of aliphatic imine (C=N–C) groups is 1. The second kappa shape index (κ2) is 15.0. The first-order valence-electron chi connectivity index (χ1n) is 12.7. The van der Waals surface area contributed by atoms with Crippen molar-refractivity contribution in [3.05, 3.63) is 54.2 Å². The van der Waals surface area contributed by atoms with Crippen LogP contribution in [0.2, 0.25) is 0 Å². The molecule has 1 aromatic rings. The lowest BCUT2D eigenvalue weighted by molar-refractivity contribution is 0.391. The van der Waals surface area contributed by atoms with E-state index in [2.05, 4.69) is 59.9 Å². The number of anilines is 2. The molecule has 7 nitrogen and oxygen atoms in total. The molecule has 0 saturated carbocycles. The smallest absolute Gasteiger partial charge is 0.167 e. The fourth-order valence-electron chi connectivity index (χ4n) is 3.64. The van der Waals surface area contributed by atoms with E-state index in [0.717, 1.165) is 25.0 Å². The number of allylic oxidation sites excluding steroid dienone is 2. The zero-order valence-corrected chi connectivity index (χ0v) is 23.4. The van der Waals surface area contributed by atoms with Crippen LogP contribution in [-0.4, -0.2) is 36.5 Å². The lowest BCUT2D eigenvalue weighted by Crippen LogP contribution is -2.39. The van der Waals surface area contributed by atoms with Gasteiger partial charge < -0.3 is 20.9 Å². The molecule has 0 saturated heterocycles. The molecule has 0 radical (unpaired) electrons. The summed E-state index contributed by atoms with van der Waals surface area (Å²) in [7, 11) is 0. The van der Waals surface area contributed by atoms with E-state index in [0.29, 0.717) is 25.3 Å². The minimum Gasteiger partial charge on any atom is -0.385 e. The highest BCUT2D eigenvalue weighted by Gasteiger charge is 2.16. The van der Waals surface area contributed by atoms with Crippen LogP contribution >= 0.6 is 0 Å². The van der Waals surface area contributed by atoms with E-state index in [-0.39, 0.29) is 34.5 Å². The molecule has 1 heterocycles. The number of hydrogen-bond acceptors (Lipinski definition) is 6. The summed E-state index contributed by atoms with van der Waals surface area (Å²) in [5.74, 6) is -1.08.